The molecule has 0 radical (unpaired) electrons. The van der Waals surface area contributed by atoms with Gasteiger partial charge in [-0.1, -0.05) is 46.3 Å². The van der Waals surface area contributed by atoms with E-state index < -0.39 is 0 Å². The summed E-state index contributed by atoms with van der Waals surface area (Å²) in [5.74, 6) is 0. The lowest BCUT2D eigenvalue weighted by atomic mass is 10.2. The molecule has 102 valence electrons. The van der Waals surface area contributed by atoms with E-state index in [0.717, 1.165) is 20.7 Å². The summed E-state index contributed by atoms with van der Waals surface area (Å²) in [5, 5.41) is 4.49. The lowest BCUT2D eigenvalue weighted by molar-refractivity contribution is 1.42. The molecule has 0 bridgehead atoms. The topological polar surface area (TPSA) is 12.9 Å². The number of rotatable bonds is 2. The molecule has 0 spiro atoms. The van der Waals surface area contributed by atoms with E-state index >= 15 is 0 Å². The standard InChI is InChI=1S/C17H10BrNS2/c18-13-6-3-5-12(8-13)17-19-14(10-20-17)16-9-11-4-1-2-7-15(11)21-16/h1-10H. The molecular formula is C17H10BrNS2. The Bertz CT molecular complexity index is 890. The molecule has 4 aromatic rings. The molecule has 4 rings (SSSR count). The Morgan fingerprint density at radius 3 is 2.71 bits per heavy atom. The van der Waals surface area contributed by atoms with Crippen LogP contribution in [0.2, 0.25) is 0 Å². The van der Waals surface area contributed by atoms with E-state index in [4.69, 9.17) is 4.98 Å². The molecule has 0 N–H and O–H groups in total. The maximum Gasteiger partial charge on any atom is 0.124 e. The van der Waals surface area contributed by atoms with Crippen LogP contribution < -0.4 is 0 Å². The van der Waals surface area contributed by atoms with E-state index in [1.807, 2.05) is 12.1 Å². The van der Waals surface area contributed by atoms with E-state index in [1.54, 1.807) is 22.7 Å². The van der Waals surface area contributed by atoms with Crippen molar-refractivity contribution in [1.29, 1.82) is 0 Å². The average Bonchev–Trinajstić information content (AvgIpc) is 3.14. The molecule has 4 heteroatoms. The summed E-state index contributed by atoms with van der Waals surface area (Å²) in [6, 6.07) is 19.0. The van der Waals surface area contributed by atoms with Gasteiger partial charge in [0, 0.05) is 20.1 Å². The molecule has 0 aliphatic carbocycles. The predicted octanol–water partition coefficient (Wildman–Crippen LogP) is 6.45. The van der Waals surface area contributed by atoms with Crippen molar-refractivity contribution in [2.75, 3.05) is 0 Å². The van der Waals surface area contributed by atoms with E-state index in [1.165, 1.54) is 15.0 Å². The fourth-order valence-electron chi connectivity index (χ4n) is 2.25. The first kappa shape index (κ1) is 13.2. The van der Waals surface area contributed by atoms with Crippen molar-refractivity contribution < 1.29 is 0 Å². The summed E-state index contributed by atoms with van der Waals surface area (Å²) in [7, 11) is 0. The average molecular weight is 372 g/mol. The first-order chi connectivity index (χ1) is 10.3. The van der Waals surface area contributed by atoms with Crippen molar-refractivity contribution in [3.63, 3.8) is 0 Å². The molecule has 0 fully saturated rings. The zero-order valence-electron chi connectivity index (χ0n) is 10.9. The number of nitrogens with zero attached hydrogens (tertiary/aromatic N) is 1. The lowest BCUT2D eigenvalue weighted by Gasteiger charge is -1.96. The Morgan fingerprint density at radius 1 is 0.952 bits per heavy atom. The van der Waals surface area contributed by atoms with Crippen LogP contribution in [0.1, 0.15) is 0 Å². The van der Waals surface area contributed by atoms with Crippen LogP contribution in [-0.4, -0.2) is 4.98 Å². The van der Waals surface area contributed by atoms with Crippen molar-refractivity contribution in [1.82, 2.24) is 4.98 Å². The molecule has 1 nitrogen and oxygen atoms in total. The maximum atomic E-state index is 4.80. The van der Waals surface area contributed by atoms with Crippen LogP contribution in [0.3, 0.4) is 0 Å². The Labute approximate surface area is 139 Å². The van der Waals surface area contributed by atoms with Gasteiger partial charge in [0.25, 0.3) is 0 Å². The first-order valence-electron chi connectivity index (χ1n) is 6.50. The second kappa shape index (κ2) is 5.37. The summed E-state index contributed by atoms with van der Waals surface area (Å²) in [4.78, 5) is 6.03. The van der Waals surface area contributed by atoms with Gasteiger partial charge in [-0.3, -0.25) is 0 Å². The normalized spacial score (nSPS) is 11.1. The van der Waals surface area contributed by atoms with E-state index in [0.29, 0.717) is 0 Å². The van der Waals surface area contributed by atoms with Gasteiger partial charge in [-0.05, 0) is 29.7 Å². The quantitative estimate of drug-likeness (QED) is 0.394. The molecule has 2 aromatic carbocycles. The minimum Gasteiger partial charge on any atom is -0.235 e. The number of aromatic nitrogens is 1. The Hall–Kier alpha value is -1.49. The Balaban J connectivity index is 1.77. The second-order valence-electron chi connectivity index (χ2n) is 4.70. The molecule has 0 aliphatic heterocycles. The van der Waals surface area contributed by atoms with E-state index in [2.05, 4.69) is 63.8 Å². The third-order valence-electron chi connectivity index (χ3n) is 3.25. The molecule has 21 heavy (non-hydrogen) atoms. The molecule has 0 saturated carbocycles. The van der Waals surface area contributed by atoms with Gasteiger partial charge in [-0.2, -0.15) is 0 Å². The zero-order chi connectivity index (χ0) is 14.2. The highest BCUT2D eigenvalue weighted by molar-refractivity contribution is 9.10. The van der Waals surface area contributed by atoms with E-state index in [-0.39, 0.29) is 0 Å². The van der Waals surface area contributed by atoms with Crippen molar-refractivity contribution >= 4 is 48.7 Å². The largest absolute Gasteiger partial charge is 0.235 e. The minimum absolute atomic E-state index is 1.06. The highest BCUT2D eigenvalue weighted by atomic mass is 79.9. The molecule has 2 heterocycles. The van der Waals surface area contributed by atoms with Gasteiger partial charge < -0.3 is 0 Å². The third-order valence-corrected chi connectivity index (χ3v) is 5.78. The predicted molar refractivity (Wildman–Crippen MR) is 96.1 cm³/mol. The molecule has 2 aromatic heterocycles. The van der Waals surface area contributed by atoms with Crippen molar-refractivity contribution in [3.8, 4) is 21.1 Å². The number of hydrogen-bond acceptors (Lipinski definition) is 3. The van der Waals surface area contributed by atoms with Gasteiger partial charge in [0.05, 0.1) is 10.6 Å². The number of halogens is 1. The van der Waals surface area contributed by atoms with Gasteiger partial charge in [-0.25, -0.2) is 4.98 Å². The fourth-order valence-corrected chi connectivity index (χ4v) is 4.56. The van der Waals surface area contributed by atoms with Crippen LogP contribution in [0.15, 0.2) is 64.5 Å². The van der Waals surface area contributed by atoms with Crippen LogP contribution in [0.25, 0.3) is 31.2 Å². The van der Waals surface area contributed by atoms with Crippen LogP contribution in [0, 0.1) is 0 Å². The van der Waals surface area contributed by atoms with Crippen LogP contribution >= 0.6 is 38.6 Å². The van der Waals surface area contributed by atoms with Crippen molar-refractivity contribution in [2.24, 2.45) is 0 Å². The van der Waals surface area contributed by atoms with Gasteiger partial charge >= 0.3 is 0 Å². The highest BCUT2D eigenvalue weighted by Gasteiger charge is 2.09. The maximum absolute atomic E-state index is 4.80. The first-order valence-corrected chi connectivity index (χ1v) is 8.99. The molecule has 0 saturated heterocycles. The van der Waals surface area contributed by atoms with Gasteiger partial charge in [0.15, 0.2) is 0 Å². The number of fused-ring (bicyclic) bond motifs is 1. The number of thiophene rings is 1. The van der Waals surface area contributed by atoms with Crippen molar-refractivity contribution in [3.05, 3.63) is 64.5 Å². The number of hydrogen-bond donors (Lipinski definition) is 0. The third kappa shape index (κ3) is 2.55. The Kier molecular flexibility index (Phi) is 3.37. The lowest BCUT2D eigenvalue weighted by Crippen LogP contribution is -1.77. The minimum atomic E-state index is 1.06. The van der Waals surface area contributed by atoms with Gasteiger partial charge in [0.2, 0.25) is 0 Å². The van der Waals surface area contributed by atoms with Crippen molar-refractivity contribution in [2.45, 2.75) is 0 Å². The zero-order valence-corrected chi connectivity index (χ0v) is 14.1. The summed E-state index contributed by atoms with van der Waals surface area (Å²) in [5.41, 5.74) is 2.22. The number of thiazole rings is 1. The fraction of sp³-hybridized carbons (Fsp3) is 0. The molecule has 0 unspecified atom stereocenters. The SMILES string of the molecule is Brc1cccc(-c2nc(-c3cc4ccccc4s3)cs2)c1. The summed E-state index contributed by atoms with van der Waals surface area (Å²) < 4.78 is 2.39. The van der Waals surface area contributed by atoms with Gasteiger partial charge in [0.1, 0.15) is 5.01 Å². The Morgan fingerprint density at radius 2 is 1.86 bits per heavy atom. The van der Waals surface area contributed by atoms with Crippen LogP contribution in [-0.2, 0) is 0 Å². The second-order valence-corrected chi connectivity index (χ2v) is 7.55. The molecular weight excluding hydrogens is 362 g/mol. The summed E-state index contributed by atoms with van der Waals surface area (Å²) in [6.45, 7) is 0. The van der Waals surface area contributed by atoms with Gasteiger partial charge in [-0.15, -0.1) is 22.7 Å². The molecule has 0 aliphatic rings. The summed E-state index contributed by atoms with van der Waals surface area (Å²) >= 11 is 7.00. The molecule has 0 atom stereocenters. The highest BCUT2D eigenvalue weighted by Crippen LogP contribution is 2.36. The van der Waals surface area contributed by atoms with Crippen LogP contribution in [0.5, 0.6) is 0 Å². The summed E-state index contributed by atoms with van der Waals surface area (Å²) in [6.07, 6.45) is 0. The smallest absolute Gasteiger partial charge is 0.124 e. The van der Waals surface area contributed by atoms with E-state index in [9.17, 15) is 0 Å². The van der Waals surface area contributed by atoms with Crippen LogP contribution in [0.4, 0.5) is 0 Å². The molecule has 0 amide bonds. The monoisotopic (exact) mass is 371 g/mol. The number of benzene rings is 2.